The van der Waals surface area contributed by atoms with Crippen molar-refractivity contribution in [2.75, 3.05) is 30.4 Å². The number of hydrogen-bond acceptors (Lipinski definition) is 22. The minimum absolute atomic E-state index is 0. The van der Waals surface area contributed by atoms with E-state index in [2.05, 4.69) is 20.8 Å². The third-order valence-electron chi connectivity index (χ3n) is 16.1. The summed E-state index contributed by atoms with van der Waals surface area (Å²) < 4.78 is 95.3. The fraction of sp³-hybridized carbons (Fsp3) is 0.218. The maximum Gasteiger partial charge on any atom is 1.00 e. The molecule has 24 nitrogen and oxygen atoms in total. The second kappa shape index (κ2) is 36.5. The molecule has 0 saturated carbocycles. The van der Waals surface area contributed by atoms with Gasteiger partial charge in [0.15, 0.2) is 34.2 Å². The predicted octanol–water partition coefficient (Wildman–Crippen LogP) is 11.0. The number of halogens is 3. The van der Waals surface area contributed by atoms with Crippen LogP contribution in [0.5, 0.6) is 17.2 Å². The summed E-state index contributed by atoms with van der Waals surface area (Å²) in [4.78, 5) is 47.1. The average molecular weight is 1440 g/mol. The van der Waals surface area contributed by atoms with Crippen molar-refractivity contribution in [2.45, 2.75) is 98.9 Å². The van der Waals surface area contributed by atoms with Gasteiger partial charge in [0.1, 0.15) is 60.1 Å². The third kappa shape index (κ3) is 19.7. The molecule has 1 amide bonds. The fourth-order valence-electron chi connectivity index (χ4n) is 11.3. The number of para-hydroxylation sites is 3. The van der Waals surface area contributed by atoms with Gasteiger partial charge >= 0.3 is 42.9 Å². The Balaban J connectivity index is 0.000000201. The van der Waals surface area contributed by atoms with Crippen LogP contribution in [0.25, 0.3) is 66.3 Å². The first-order valence-corrected chi connectivity index (χ1v) is 32.9. The number of carbonyl (C=O) groups is 4. The monoisotopic (exact) mass is 1440 g/mol. The SMILES string of the molecule is CCOC(=O)Cc1ccccc1OCc1cc(-c2cccc(CN)c2F)c2onc(N)c2c1.CCOC(=O)Cc1ccccc1OCc1cc(-c2cccc(CNC(=O)OC(C)(C)C)c2F)c2onc(N)c2c1.NCc1cccc(-c2cc(COc3ccccc3CC(=O)O)cc3c(N)noc23)c1F.[Li+].[OH-]. The quantitative estimate of drug-likeness (QED) is 0.0168. The van der Waals surface area contributed by atoms with Crippen molar-refractivity contribution in [2.24, 2.45) is 11.5 Å². The fourth-order valence-corrected chi connectivity index (χ4v) is 11.3. The summed E-state index contributed by atoms with van der Waals surface area (Å²) in [7, 11) is 0. The Morgan fingerprint density at radius 2 is 0.783 bits per heavy atom. The summed E-state index contributed by atoms with van der Waals surface area (Å²) in [5.74, 6) is -0.948. The number of anilines is 3. The van der Waals surface area contributed by atoms with E-state index in [1.54, 1.807) is 168 Å². The van der Waals surface area contributed by atoms with E-state index in [-0.39, 0.29) is 124 Å². The molecule has 0 aliphatic rings. The molecule has 0 spiro atoms. The molecule has 0 aliphatic carbocycles. The zero-order valence-corrected chi connectivity index (χ0v) is 58.9. The molecular formula is C78H77F3LiN9O15. The molecule has 0 fully saturated rings. The molecule has 0 radical (unpaired) electrons. The first-order valence-electron chi connectivity index (χ1n) is 32.9. The van der Waals surface area contributed by atoms with Crippen molar-refractivity contribution < 1.29 is 104 Å². The molecule has 3 aromatic heterocycles. The number of nitrogens with one attached hydrogen (secondary N) is 1. The van der Waals surface area contributed by atoms with Crippen molar-refractivity contribution in [3.05, 3.63) is 231 Å². The first-order chi connectivity index (χ1) is 50.0. The molecule has 13 N–H and O–H groups in total. The van der Waals surface area contributed by atoms with E-state index in [1.165, 1.54) is 0 Å². The second-order valence-corrected chi connectivity index (χ2v) is 24.6. The number of amides is 1. The molecule has 546 valence electrons. The van der Waals surface area contributed by atoms with Crippen molar-refractivity contribution in [3.8, 4) is 50.6 Å². The van der Waals surface area contributed by atoms with Gasteiger partial charge in [-0.25, -0.2) is 18.0 Å². The number of aliphatic carboxylic acids is 1. The summed E-state index contributed by atoms with van der Waals surface area (Å²) in [5, 5.41) is 24.8. The Labute approximate surface area is 618 Å². The minimum Gasteiger partial charge on any atom is -0.870 e. The van der Waals surface area contributed by atoms with Gasteiger partial charge in [-0.15, -0.1) is 0 Å². The van der Waals surface area contributed by atoms with Gasteiger partial charge < -0.3 is 86.6 Å². The van der Waals surface area contributed by atoms with Crippen molar-refractivity contribution >= 4 is 74.4 Å². The number of aromatic nitrogens is 3. The van der Waals surface area contributed by atoms with Crippen LogP contribution >= 0.6 is 0 Å². The largest absolute Gasteiger partial charge is 1.00 e. The van der Waals surface area contributed by atoms with Gasteiger partial charge in [0.25, 0.3) is 0 Å². The van der Waals surface area contributed by atoms with Crippen LogP contribution < -0.4 is 67.1 Å². The van der Waals surface area contributed by atoms with E-state index in [9.17, 15) is 23.6 Å². The van der Waals surface area contributed by atoms with Gasteiger partial charge in [-0.1, -0.05) is 125 Å². The number of nitrogens with two attached hydrogens (primary N) is 5. The first kappa shape index (κ1) is 79.8. The van der Waals surface area contributed by atoms with E-state index in [0.717, 1.165) is 5.56 Å². The number of carboxylic acid groups (broad SMARTS) is 1. The van der Waals surface area contributed by atoms with Gasteiger partial charge in [-0.3, -0.25) is 14.4 Å². The predicted molar refractivity (Wildman–Crippen MR) is 387 cm³/mol. The maximum atomic E-state index is 15.7. The Morgan fingerprint density at radius 3 is 1.11 bits per heavy atom. The molecule has 0 saturated heterocycles. The van der Waals surface area contributed by atoms with Crippen LogP contribution in [-0.2, 0) is 87.3 Å². The summed E-state index contributed by atoms with van der Waals surface area (Å²) in [6.07, 6.45) is -0.632. The van der Waals surface area contributed by atoms with Crippen LogP contribution in [0.15, 0.2) is 177 Å². The number of alkyl carbamates (subject to hydrolysis) is 1. The number of nitrogens with zero attached hydrogens (tertiary/aromatic N) is 3. The number of esters is 2. The van der Waals surface area contributed by atoms with Crippen LogP contribution in [0.3, 0.4) is 0 Å². The Morgan fingerprint density at radius 1 is 0.462 bits per heavy atom. The number of fused-ring (bicyclic) bond motifs is 3. The molecule has 0 aliphatic heterocycles. The van der Waals surface area contributed by atoms with Gasteiger partial charge in [0.05, 0.1) is 48.6 Å². The molecular weight excluding hydrogens is 1370 g/mol. The maximum absolute atomic E-state index is 15.7. The van der Waals surface area contributed by atoms with Crippen LogP contribution in [0.1, 0.15) is 84.7 Å². The molecule has 9 aromatic carbocycles. The summed E-state index contributed by atoms with van der Waals surface area (Å²) in [6.45, 7) is 9.79. The molecule has 12 rings (SSSR count). The zero-order valence-electron chi connectivity index (χ0n) is 58.9. The summed E-state index contributed by atoms with van der Waals surface area (Å²) >= 11 is 0. The smallest absolute Gasteiger partial charge is 0.870 e. The summed E-state index contributed by atoms with van der Waals surface area (Å²) in [5.41, 5.74) is 37.1. The minimum atomic E-state index is -0.952. The van der Waals surface area contributed by atoms with Crippen LogP contribution in [0, 0.1) is 17.5 Å². The third-order valence-corrected chi connectivity index (χ3v) is 16.1. The van der Waals surface area contributed by atoms with Crippen LogP contribution in [-0.4, -0.2) is 68.9 Å². The van der Waals surface area contributed by atoms with E-state index in [0.29, 0.717) is 130 Å². The number of carboxylic acids is 1. The van der Waals surface area contributed by atoms with Gasteiger partial charge in [0, 0.05) is 86.4 Å². The topological polar surface area (TPSA) is 394 Å². The molecule has 3 heterocycles. The normalized spacial score (nSPS) is 10.9. The molecule has 28 heteroatoms. The molecule has 0 bridgehead atoms. The number of hydrogen-bond donors (Lipinski definition) is 7. The van der Waals surface area contributed by atoms with E-state index < -0.39 is 35.1 Å². The standard InChI is InChI=1S/C30H32FN3O6.C25H24FN3O4.C23H20FN3O4.Li.H2O/c1-5-37-25(35)15-19-9-6-7-12-24(19)38-17-18-13-22(27-23(14-18)28(32)34-40-27)21-11-8-10-20(26(21)31)16-33-29(36)39-30(2,3)4;1-2-31-22(30)12-16-6-3-4-9-21(16)32-14-15-10-19(24-20(11-15)25(28)29-33-24)18-8-5-7-17(13-27)23(18)26;24-21-15(11-25)5-3-6-16(21)17-8-13(9-18-22(17)31-27-23(18)26)12-30-19-7-2-1-4-14(19)10-20(28)29;;/h6-14H,5,15-17H2,1-4H3,(H2,32,34)(H,33,36);3-11H,2,12-14,27H2,1H3,(H2,28,29);1-9H,10-12,25H2,(H2,26,27)(H,28,29);;1H2/q;;;+1;/p-1. The number of carbonyl (C=O) groups excluding carboxylic acids is 3. The molecule has 0 atom stereocenters. The van der Waals surface area contributed by atoms with Gasteiger partial charge in [-0.2, -0.15) is 0 Å². The Bertz CT molecular complexity index is 5100. The zero-order chi connectivity index (χ0) is 74.2. The van der Waals surface area contributed by atoms with E-state index in [1.807, 2.05) is 30.3 Å². The van der Waals surface area contributed by atoms with Gasteiger partial charge in [-0.05, 0) is 106 Å². The van der Waals surface area contributed by atoms with E-state index >= 15 is 8.78 Å². The molecule has 0 unspecified atom stereocenters. The Hall–Kier alpha value is -11.9. The number of benzene rings is 9. The van der Waals surface area contributed by atoms with Crippen molar-refractivity contribution in [1.82, 2.24) is 20.8 Å². The molecule has 12 aromatic rings. The molecule has 106 heavy (non-hydrogen) atoms. The summed E-state index contributed by atoms with van der Waals surface area (Å²) in [6, 6.07) is 46.8. The average Bonchev–Trinajstić information content (AvgIpc) is 1.53. The van der Waals surface area contributed by atoms with Crippen molar-refractivity contribution in [1.29, 1.82) is 0 Å². The van der Waals surface area contributed by atoms with Crippen LogP contribution in [0.4, 0.5) is 35.4 Å². The van der Waals surface area contributed by atoms with E-state index in [4.69, 9.17) is 75.8 Å². The van der Waals surface area contributed by atoms with Crippen LogP contribution in [0.2, 0.25) is 0 Å². The number of nitrogen functional groups attached to an aromatic ring is 3. The number of rotatable bonds is 24. The number of ether oxygens (including phenoxy) is 6. The second-order valence-electron chi connectivity index (χ2n) is 24.6. The van der Waals surface area contributed by atoms with Crippen molar-refractivity contribution in [3.63, 3.8) is 0 Å². The van der Waals surface area contributed by atoms with Gasteiger partial charge in [0.2, 0.25) is 0 Å². The Kier molecular flexibility index (Phi) is 27.5.